The quantitative estimate of drug-likeness (QED) is 0.732. The monoisotopic (exact) mass is 325 g/mol. The van der Waals surface area contributed by atoms with Gasteiger partial charge in [-0.3, -0.25) is 0 Å². The van der Waals surface area contributed by atoms with Crippen LogP contribution < -0.4 is 10.6 Å². The lowest BCUT2D eigenvalue weighted by Crippen LogP contribution is -2.03. The van der Waals surface area contributed by atoms with Crippen LogP contribution in [0, 0.1) is 13.8 Å². The molecule has 2 N–H and O–H groups in total. The number of aryl methyl sites for hydroxylation is 1. The van der Waals surface area contributed by atoms with Gasteiger partial charge in [-0.05, 0) is 55.3 Å². The van der Waals surface area contributed by atoms with Crippen LogP contribution in [0.4, 0.5) is 23.1 Å². The lowest BCUT2D eigenvalue weighted by molar-refractivity contribution is 0.981. The van der Waals surface area contributed by atoms with E-state index in [9.17, 15) is 0 Å². The van der Waals surface area contributed by atoms with E-state index in [1.54, 1.807) is 6.20 Å². The summed E-state index contributed by atoms with van der Waals surface area (Å²) in [5, 5.41) is 15.1. The molecule has 6 heteroatoms. The molecule has 0 unspecified atom stereocenters. The fourth-order valence-corrected chi connectivity index (χ4v) is 2.23. The van der Waals surface area contributed by atoms with Gasteiger partial charge in [0.25, 0.3) is 0 Å². The molecule has 5 nitrogen and oxygen atoms in total. The van der Waals surface area contributed by atoms with Crippen molar-refractivity contribution in [2.45, 2.75) is 13.8 Å². The number of hydrogen-bond acceptors (Lipinski definition) is 5. The number of hydrogen-bond donors (Lipinski definition) is 2. The molecular weight excluding hydrogens is 310 g/mol. The molecule has 0 fully saturated rings. The third-order valence-electron chi connectivity index (χ3n) is 3.53. The van der Waals surface area contributed by atoms with E-state index >= 15 is 0 Å². The van der Waals surface area contributed by atoms with Gasteiger partial charge >= 0.3 is 0 Å². The van der Waals surface area contributed by atoms with Crippen LogP contribution >= 0.6 is 11.6 Å². The summed E-state index contributed by atoms with van der Waals surface area (Å²) in [5.74, 6) is 1.05. The first-order valence-electron chi connectivity index (χ1n) is 7.17. The summed E-state index contributed by atoms with van der Waals surface area (Å²) < 4.78 is 0. The van der Waals surface area contributed by atoms with Crippen LogP contribution in [0.3, 0.4) is 0 Å². The Bertz CT molecular complexity index is 817. The molecule has 116 valence electrons. The zero-order chi connectivity index (χ0) is 16.2. The van der Waals surface area contributed by atoms with E-state index in [1.165, 1.54) is 5.56 Å². The standard InChI is InChI=1S/C17H16ClN5/c1-11-4-3-5-15(12(11)2)21-17-22-16(10-19-23-17)20-14-8-6-13(18)7-9-14/h3-10H,1-2H3,(H2,20,21,22,23). The van der Waals surface area contributed by atoms with Crippen molar-refractivity contribution in [3.8, 4) is 0 Å². The van der Waals surface area contributed by atoms with Gasteiger partial charge in [0.05, 0.1) is 6.20 Å². The molecule has 23 heavy (non-hydrogen) atoms. The minimum Gasteiger partial charge on any atom is -0.339 e. The maximum Gasteiger partial charge on any atom is 0.249 e. The summed E-state index contributed by atoms with van der Waals surface area (Å²) in [4.78, 5) is 4.43. The van der Waals surface area contributed by atoms with Crippen LogP contribution in [0.15, 0.2) is 48.7 Å². The van der Waals surface area contributed by atoms with E-state index in [0.717, 1.165) is 16.9 Å². The zero-order valence-corrected chi connectivity index (χ0v) is 13.6. The number of rotatable bonds is 4. The SMILES string of the molecule is Cc1cccc(Nc2nncc(Nc3ccc(Cl)cc3)n2)c1C. The van der Waals surface area contributed by atoms with Gasteiger partial charge in [0, 0.05) is 16.4 Å². The van der Waals surface area contributed by atoms with Crippen molar-refractivity contribution in [2.24, 2.45) is 0 Å². The van der Waals surface area contributed by atoms with E-state index in [-0.39, 0.29) is 0 Å². The summed E-state index contributed by atoms with van der Waals surface area (Å²) in [6, 6.07) is 13.4. The van der Waals surface area contributed by atoms with Crippen LogP contribution in [0.2, 0.25) is 5.02 Å². The topological polar surface area (TPSA) is 62.7 Å². The summed E-state index contributed by atoms with van der Waals surface area (Å²) in [6.07, 6.45) is 1.57. The number of halogens is 1. The van der Waals surface area contributed by atoms with Crippen LogP contribution in [0.5, 0.6) is 0 Å². The van der Waals surface area contributed by atoms with Gasteiger partial charge in [0.1, 0.15) is 0 Å². The number of nitrogens with zero attached hydrogens (tertiary/aromatic N) is 3. The Morgan fingerprint density at radius 1 is 0.957 bits per heavy atom. The Kier molecular flexibility index (Phi) is 4.39. The van der Waals surface area contributed by atoms with Crippen molar-refractivity contribution in [1.82, 2.24) is 15.2 Å². The lowest BCUT2D eigenvalue weighted by atomic mass is 10.1. The van der Waals surface area contributed by atoms with Crippen LogP contribution in [-0.2, 0) is 0 Å². The van der Waals surface area contributed by atoms with Crippen LogP contribution in [0.1, 0.15) is 11.1 Å². The van der Waals surface area contributed by atoms with E-state index in [4.69, 9.17) is 11.6 Å². The molecule has 0 saturated heterocycles. The highest BCUT2D eigenvalue weighted by Gasteiger charge is 2.05. The van der Waals surface area contributed by atoms with Gasteiger partial charge in [-0.1, -0.05) is 23.7 Å². The predicted octanol–water partition coefficient (Wildman–Crippen LogP) is 4.63. The van der Waals surface area contributed by atoms with Gasteiger partial charge in [0.2, 0.25) is 5.95 Å². The molecule has 0 aliphatic heterocycles. The first-order valence-corrected chi connectivity index (χ1v) is 7.55. The minimum absolute atomic E-state index is 0.442. The van der Waals surface area contributed by atoms with E-state index < -0.39 is 0 Å². The largest absolute Gasteiger partial charge is 0.339 e. The van der Waals surface area contributed by atoms with Crippen LogP contribution in [-0.4, -0.2) is 15.2 Å². The summed E-state index contributed by atoms with van der Waals surface area (Å²) >= 11 is 5.88. The number of aromatic nitrogens is 3. The van der Waals surface area contributed by atoms with Gasteiger partial charge in [-0.2, -0.15) is 10.1 Å². The predicted molar refractivity (Wildman–Crippen MR) is 93.8 cm³/mol. The molecule has 0 atom stereocenters. The van der Waals surface area contributed by atoms with Crippen molar-refractivity contribution in [3.05, 3.63) is 64.8 Å². The summed E-state index contributed by atoms with van der Waals surface area (Å²) in [7, 11) is 0. The first kappa shape index (κ1) is 15.2. The van der Waals surface area contributed by atoms with Gasteiger partial charge in [0.15, 0.2) is 5.82 Å². The van der Waals surface area contributed by atoms with Crippen LogP contribution in [0.25, 0.3) is 0 Å². The van der Waals surface area contributed by atoms with E-state index in [1.807, 2.05) is 36.4 Å². The first-order chi connectivity index (χ1) is 11.1. The van der Waals surface area contributed by atoms with Crippen molar-refractivity contribution in [3.63, 3.8) is 0 Å². The number of nitrogens with one attached hydrogen (secondary N) is 2. The second-order valence-corrected chi connectivity index (χ2v) is 5.61. The van der Waals surface area contributed by atoms with E-state index in [0.29, 0.717) is 16.8 Å². The molecule has 0 spiro atoms. The van der Waals surface area contributed by atoms with Crippen molar-refractivity contribution < 1.29 is 0 Å². The molecule has 3 aromatic rings. The summed E-state index contributed by atoms with van der Waals surface area (Å²) in [5.41, 5.74) is 4.22. The van der Waals surface area contributed by atoms with Gasteiger partial charge in [-0.25, -0.2) is 0 Å². The van der Waals surface area contributed by atoms with Crippen molar-refractivity contribution in [2.75, 3.05) is 10.6 Å². The lowest BCUT2D eigenvalue weighted by Gasteiger charge is -2.11. The number of anilines is 4. The van der Waals surface area contributed by atoms with Gasteiger partial charge in [-0.15, -0.1) is 5.10 Å². The zero-order valence-electron chi connectivity index (χ0n) is 12.8. The maximum atomic E-state index is 5.88. The average Bonchev–Trinajstić information content (AvgIpc) is 2.54. The van der Waals surface area contributed by atoms with Gasteiger partial charge < -0.3 is 10.6 Å². The second kappa shape index (κ2) is 6.62. The van der Waals surface area contributed by atoms with Crippen molar-refractivity contribution >= 4 is 34.7 Å². The fourth-order valence-electron chi connectivity index (χ4n) is 2.10. The minimum atomic E-state index is 0.442. The molecule has 0 radical (unpaired) electrons. The molecule has 0 bridgehead atoms. The number of benzene rings is 2. The molecule has 0 aliphatic carbocycles. The molecule has 0 amide bonds. The Morgan fingerprint density at radius 2 is 1.74 bits per heavy atom. The summed E-state index contributed by atoms with van der Waals surface area (Å²) in [6.45, 7) is 4.12. The molecule has 0 aliphatic rings. The Hall–Kier alpha value is -2.66. The third-order valence-corrected chi connectivity index (χ3v) is 3.78. The molecule has 1 heterocycles. The molecule has 1 aromatic heterocycles. The second-order valence-electron chi connectivity index (χ2n) is 5.17. The third kappa shape index (κ3) is 3.76. The Labute approximate surface area is 139 Å². The highest BCUT2D eigenvalue weighted by Crippen LogP contribution is 2.22. The van der Waals surface area contributed by atoms with E-state index in [2.05, 4.69) is 45.7 Å². The Morgan fingerprint density at radius 3 is 2.52 bits per heavy atom. The molecule has 0 saturated carbocycles. The van der Waals surface area contributed by atoms with Crippen molar-refractivity contribution in [1.29, 1.82) is 0 Å². The maximum absolute atomic E-state index is 5.88. The molecular formula is C17H16ClN5. The fraction of sp³-hybridized carbons (Fsp3) is 0.118. The average molecular weight is 326 g/mol. The highest BCUT2D eigenvalue weighted by molar-refractivity contribution is 6.30. The Balaban J connectivity index is 1.79. The molecule has 2 aromatic carbocycles. The smallest absolute Gasteiger partial charge is 0.249 e. The highest BCUT2D eigenvalue weighted by atomic mass is 35.5. The molecule has 3 rings (SSSR count). The normalized spacial score (nSPS) is 10.4.